The summed E-state index contributed by atoms with van der Waals surface area (Å²) < 4.78 is 3.25. The van der Waals surface area contributed by atoms with Crippen LogP contribution in [0.4, 0.5) is 5.69 Å². The Kier molecular flexibility index (Phi) is 3.33. The molecule has 0 aliphatic carbocycles. The molecular formula is C17H17N3O2. The molecule has 3 aromatic rings. The molecule has 3 rings (SSSR count). The summed E-state index contributed by atoms with van der Waals surface area (Å²) in [4.78, 5) is 16.4. The predicted molar refractivity (Wildman–Crippen MR) is 88.3 cm³/mol. The van der Waals surface area contributed by atoms with E-state index in [9.17, 15) is 9.90 Å². The molecule has 5 heteroatoms. The number of imidazole rings is 1. The molecule has 1 N–H and O–H groups in total. The first-order chi connectivity index (χ1) is 10.5. The molecule has 1 aromatic heterocycles. The molecule has 22 heavy (non-hydrogen) atoms. The van der Waals surface area contributed by atoms with Crippen LogP contribution in [-0.2, 0) is 14.1 Å². The Morgan fingerprint density at radius 3 is 2.50 bits per heavy atom. The summed E-state index contributed by atoms with van der Waals surface area (Å²) in [6, 6.07) is 10.9. The van der Waals surface area contributed by atoms with Gasteiger partial charge in [0.2, 0.25) is 0 Å². The fraction of sp³-hybridized carbons (Fsp3) is 0.176. The number of aryl methyl sites for hydroxylation is 3. The van der Waals surface area contributed by atoms with E-state index in [2.05, 4.69) is 4.99 Å². The first-order valence-electron chi connectivity index (χ1n) is 6.96. The fourth-order valence-electron chi connectivity index (χ4n) is 2.53. The quantitative estimate of drug-likeness (QED) is 0.739. The van der Waals surface area contributed by atoms with Crippen molar-refractivity contribution in [2.75, 3.05) is 0 Å². The van der Waals surface area contributed by atoms with Crippen LogP contribution in [0, 0.1) is 6.92 Å². The van der Waals surface area contributed by atoms with Crippen molar-refractivity contribution in [2.24, 2.45) is 19.1 Å². The topological polar surface area (TPSA) is 59.5 Å². The van der Waals surface area contributed by atoms with E-state index in [1.807, 2.05) is 25.1 Å². The summed E-state index contributed by atoms with van der Waals surface area (Å²) in [5.41, 5.74) is 4.35. The number of phenolic OH excluding ortho intramolecular Hbond substituents is 1. The first-order valence-corrected chi connectivity index (χ1v) is 6.96. The van der Waals surface area contributed by atoms with Crippen LogP contribution >= 0.6 is 0 Å². The highest BCUT2D eigenvalue weighted by molar-refractivity contribution is 5.88. The average molecular weight is 295 g/mol. The van der Waals surface area contributed by atoms with Crippen LogP contribution in [0.25, 0.3) is 11.0 Å². The van der Waals surface area contributed by atoms with Gasteiger partial charge in [-0.2, -0.15) is 0 Å². The molecule has 0 bridgehead atoms. The maximum Gasteiger partial charge on any atom is 0.328 e. The molecule has 2 aromatic carbocycles. The smallest absolute Gasteiger partial charge is 0.328 e. The van der Waals surface area contributed by atoms with E-state index < -0.39 is 0 Å². The van der Waals surface area contributed by atoms with E-state index >= 15 is 0 Å². The Morgan fingerprint density at radius 2 is 1.77 bits per heavy atom. The number of fused-ring (bicyclic) bond motifs is 1. The molecule has 0 atom stereocenters. The molecule has 1 heterocycles. The molecule has 0 amide bonds. The number of aliphatic imine (C=N–C) groups is 1. The number of hydrogen-bond donors (Lipinski definition) is 1. The number of hydrogen-bond acceptors (Lipinski definition) is 3. The van der Waals surface area contributed by atoms with Crippen molar-refractivity contribution in [3.63, 3.8) is 0 Å². The van der Waals surface area contributed by atoms with Crippen molar-refractivity contribution < 1.29 is 5.11 Å². The molecule has 112 valence electrons. The van der Waals surface area contributed by atoms with Crippen LogP contribution in [0.3, 0.4) is 0 Å². The molecular weight excluding hydrogens is 278 g/mol. The minimum atomic E-state index is -0.0431. The molecule has 0 aliphatic rings. The van der Waals surface area contributed by atoms with Crippen LogP contribution in [0.1, 0.15) is 11.1 Å². The molecule has 0 spiro atoms. The second-order valence-electron chi connectivity index (χ2n) is 5.38. The summed E-state index contributed by atoms with van der Waals surface area (Å²) in [5, 5.41) is 9.41. The molecule has 0 radical (unpaired) electrons. The molecule has 5 nitrogen and oxygen atoms in total. The number of rotatable bonds is 2. The van der Waals surface area contributed by atoms with Gasteiger partial charge in [0.25, 0.3) is 0 Å². The van der Waals surface area contributed by atoms with Crippen molar-refractivity contribution in [1.29, 1.82) is 0 Å². The predicted octanol–water partition coefficient (Wildman–Crippen LogP) is 2.64. The highest BCUT2D eigenvalue weighted by Gasteiger charge is 2.07. The van der Waals surface area contributed by atoms with Gasteiger partial charge in [-0.3, -0.25) is 14.1 Å². The summed E-state index contributed by atoms with van der Waals surface area (Å²) in [5.74, 6) is 0.233. The van der Waals surface area contributed by atoms with E-state index in [4.69, 9.17) is 0 Å². The van der Waals surface area contributed by atoms with Gasteiger partial charge in [0, 0.05) is 20.3 Å². The maximum absolute atomic E-state index is 11.9. The summed E-state index contributed by atoms with van der Waals surface area (Å²) in [6.45, 7) is 1.90. The van der Waals surface area contributed by atoms with Gasteiger partial charge in [0.1, 0.15) is 5.75 Å². The van der Waals surface area contributed by atoms with Crippen molar-refractivity contribution in [3.8, 4) is 5.75 Å². The van der Waals surface area contributed by atoms with Crippen LogP contribution in [-0.4, -0.2) is 20.5 Å². The summed E-state index contributed by atoms with van der Waals surface area (Å²) >= 11 is 0. The maximum atomic E-state index is 11.9. The van der Waals surface area contributed by atoms with E-state index in [1.165, 1.54) is 0 Å². The third-order valence-electron chi connectivity index (χ3n) is 3.83. The SMILES string of the molecule is Cc1cc(O)ccc1N=Cc1ccc2c(c1)n(C)c(=O)n2C. The second-order valence-corrected chi connectivity index (χ2v) is 5.38. The fourth-order valence-corrected chi connectivity index (χ4v) is 2.53. The van der Waals surface area contributed by atoms with Crippen molar-refractivity contribution in [3.05, 3.63) is 58.0 Å². The zero-order valence-corrected chi connectivity index (χ0v) is 12.7. The molecule has 0 fully saturated rings. The van der Waals surface area contributed by atoms with Crippen LogP contribution in [0.5, 0.6) is 5.75 Å². The lowest BCUT2D eigenvalue weighted by Gasteiger charge is -2.01. The number of aromatic hydroxyl groups is 1. The van der Waals surface area contributed by atoms with Gasteiger partial charge in [-0.05, 0) is 48.4 Å². The summed E-state index contributed by atoms with van der Waals surface area (Å²) in [7, 11) is 3.52. The standard InChI is InChI=1S/C17H17N3O2/c1-11-8-13(21)5-6-14(11)18-10-12-4-7-15-16(9-12)20(3)17(22)19(15)2/h4-10,21H,1-3H3. The normalized spacial score (nSPS) is 11.6. The second kappa shape index (κ2) is 5.18. The zero-order chi connectivity index (χ0) is 15.9. The lowest BCUT2D eigenvalue weighted by molar-refractivity contribution is 0.475. The number of phenols is 1. The molecule has 0 unspecified atom stereocenters. The Bertz CT molecular complexity index is 948. The molecule has 0 saturated carbocycles. The van der Waals surface area contributed by atoms with Crippen molar-refractivity contribution in [2.45, 2.75) is 6.92 Å². The lowest BCUT2D eigenvalue weighted by atomic mass is 10.2. The average Bonchev–Trinajstić information content (AvgIpc) is 2.71. The van der Waals surface area contributed by atoms with E-state index in [1.54, 1.807) is 47.6 Å². The zero-order valence-electron chi connectivity index (χ0n) is 12.7. The van der Waals surface area contributed by atoms with Gasteiger partial charge < -0.3 is 5.11 Å². The highest BCUT2D eigenvalue weighted by Crippen LogP contribution is 2.23. The summed E-state index contributed by atoms with van der Waals surface area (Å²) in [6.07, 6.45) is 1.76. The largest absolute Gasteiger partial charge is 0.508 e. The monoisotopic (exact) mass is 295 g/mol. The van der Waals surface area contributed by atoms with Gasteiger partial charge in [-0.15, -0.1) is 0 Å². The number of benzene rings is 2. The third kappa shape index (κ3) is 2.30. The van der Waals surface area contributed by atoms with Crippen molar-refractivity contribution >= 4 is 22.9 Å². The van der Waals surface area contributed by atoms with Gasteiger partial charge in [0.05, 0.1) is 16.7 Å². The Hall–Kier alpha value is -2.82. The molecule has 0 aliphatic heterocycles. The van der Waals surface area contributed by atoms with E-state index in [0.29, 0.717) is 0 Å². The third-order valence-corrected chi connectivity index (χ3v) is 3.83. The van der Waals surface area contributed by atoms with Gasteiger partial charge in [-0.1, -0.05) is 6.07 Å². The lowest BCUT2D eigenvalue weighted by Crippen LogP contribution is -2.19. The Labute approximate surface area is 127 Å². The Balaban J connectivity index is 2.02. The van der Waals surface area contributed by atoms with Crippen molar-refractivity contribution in [1.82, 2.24) is 9.13 Å². The minimum absolute atomic E-state index is 0.0431. The number of nitrogens with zero attached hydrogens (tertiary/aromatic N) is 3. The Morgan fingerprint density at radius 1 is 1.05 bits per heavy atom. The number of aromatic nitrogens is 2. The van der Waals surface area contributed by atoms with Crippen LogP contribution in [0.2, 0.25) is 0 Å². The van der Waals surface area contributed by atoms with Gasteiger partial charge >= 0.3 is 5.69 Å². The van der Waals surface area contributed by atoms with Crippen LogP contribution in [0.15, 0.2) is 46.2 Å². The van der Waals surface area contributed by atoms with E-state index in [0.717, 1.165) is 27.8 Å². The van der Waals surface area contributed by atoms with Gasteiger partial charge in [0.15, 0.2) is 0 Å². The minimum Gasteiger partial charge on any atom is -0.508 e. The van der Waals surface area contributed by atoms with Gasteiger partial charge in [-0.25, -0.2) is 4.79 Å². The highest BCUT2D eigenvalue weighted by atomic mass is 16.3. The van der Waals surface area contributed by atoms with E-state index in [-0.39, 0.29) is 11.4 Å². The molecule has 0 saturated heterocycles. The van der Waals surface area contributed by atoms with Crippen LogP contribution < -0.4 is 5.69 Å². The first kappa shape index (κ1) is 14.1.